The molecule has 0 aliphatic rings. The molecule has 0 unspecified atom stereocenters. The number of amides is 1. The fourth-order valence-corrected chi connectivity index (χ4v) is 2.48. The molecule has 0 aliphatic heterocycles. The van der Waals surface area contributed by atoms with Gasteiger partial charge in [0.1, 0.15) is 18.1 Å². The number of halogens is 1. The smallest absolute Gasteiger partial charge is 0.265 e. The van der Waals surface area contributed by atoms with Gasteiger partial charge in [0.15, 0.2) is 0 Å². The second-order valence-corrected chi connectivity index (χ2v) is 4.95. The fourth-order valence-electron chi connectivity index (χ4n) is 2.48. The van der Waals surface area contributed by atoms with E-state index in [1.165, 1.54) is 0 Å². The van der Waals surface area contributed by atoms with Crippen molar-refractivity contribution in [1.29, 1.82) is 0 Å². The van der Waals surface area contributed by atoms with Crippen LogP contribution in [0.4, 0.5) is 0 Å². The number of nitrogens with two attached hydrogens (primary N) is 2. The van der Waals surface area contributed by atoms with Gasteiger partial charge < -0.3 is 21.2 Å². The van der Waals surface area contributed by atoms with E-state index >= 15 is 0 Å². The molecule has 5 N–H and O–H groups in total. The van der Waals surface area contributed by atoms with Gasteiger partial charge in [-0.05, 0) is 23.8 Å². The van der Waals surface area contributed by atoms with Crippen molar-refractivity contribution in [3.8, 4) is 16.9 Å². The van der Waals surface area contributed by atoms with Crippen LogP contribution < -0.4 is 16.2 Å². The molecular formula is C17H18ClN3O2. The number of carbonyl (C=O) groups is 1. The molecular weight excluding hydrogens is 314 g/mol. The Balaban J connectivity index is 0.00000192. The highest BCUT2D eigenvalue weighted by atomic mass is 35.5. The largest absolute Gasteiger partial charge is 0.492 e. The third-order valence-corrected chi connectivity index (χ3v) is 3.48. The Morgan fingerprint density at radius 1 is 1.13 bits per heavy atom. The number of hydrogen-bond acceptors (Lipinski definition) is 3. The van der Waals surface area contributed by atoms with Crippen molar-refractivity contribution in [3.05, 3.63) is 54.2 Å². The van der Waals surface area contributed by atoms with Gasteiger partial charge in [-0.25, -0.2) is 0 Å². The quantitative estimate of drug-likeness (QED) is 0.671. The van der Waals surface area contributed by atoms with E-state index in [0.29, 0.717) is 24.6 Å². The van der Waals surface area contributed by atoms with E-state index in [1.807, 2.05) is 42.5 Å². The van der Waals surface area contributed by atoms with E-state index in [-0.39, 0.29) is 12.4 Å². The monoisotopic (exact) mass is 331 g/mol. The summed E-state index contributed by atoms with van der Waals surface area (Å²) >= 11 is 0. The van der Waals surface area contributed by atoms with Crippen LogP contribution in [0.1, 0.15) is 10.5 Å². The highest BCUT2D eigenvalue weighted by Crippen LogP contribution is 2.34. The van der Waals surface area contributed by atoms with Crippen molar-refractivity contribution >= 4 is 29.2 Å². The summed E-state index contributed by atoms with van der Waals surface area (Å²) < 4.78 is 5.66. The predicted molar refractivity (Wildman–Crippen MR) is 94.1 cm³/mol. The molecule has 0 bridgehead atoms. The lowest BCUT2D eigenvalue weighted by Crippen LogP contribution is -2.11. The van der Waals surface area contributed by atoms with Gasteiger partial charge in [0.05, 0.1) is 5.52 Å². The van der Waals surface area contributed by atoms with Gasteiger partial charge in [-0.15, -0.1) is 12.4 Å². The Morgan fingerprint density at radius 3 is 2.52 bits per heavy atom. The maximum atomic E-state index is 11.5. The number of aromatic amines is 1. The summed E-state index contributed by atoms with van der Waals surface area (Å²) in [5.74, 6) is 0.184. The van der Waals surface area contributed by atoms with Gasteiger partial charge in [-0.3, -0.25) is 4.79 Å². The topological polar surface area (TPSA) is 94.1 Å². The van der Waals surface area contributed by atoms with E-state index in [0.717, 1.165) is 22.0 Å². The first-order valence-corrected chi connectivity index (χ1v) is 7.04. The molecule has 0 saturated heterocycles. The number of hydrogen-bond donors (Lipinski definition) is 3. The number of ether oxygens (including phenoxy) is 1. The van der Waals surface area contributed by atoms with Crippen molar-refractivity contribution in [2.45, 2.75) is 0 Å². The minimum absolute atomic E-state index is 0. The summed E-state index contributed by atoms with van der Waals surface area (Å²) in [6.07, 6.45) is 0. The van der Waals surface area contributed by atoms with Crippen LogP contribution in [0.25, 0.3) is 22.0 Å². The lowest BCUT2D eigenvalue weighted by Gasteiger charge is -2.09. The van der Waals surface area contributed by atoms with Crippen LogP contribution in [0, 0.1) is 0 Å². The number of fused-ring (bicyclic) bond motifs is 1. The van der Waals surface area contributed by atoms with Crippen molar-refractivity contribution in [3.63, 3.8) is 0 Å². The highest BCUT2D eigenvalue weighted by molar-refractivity contribution is 6.04. The molecule has 5 nitrogen and oxygen atoms in total. The molecule has 0 aliphatic carbocycles. The van der Waals surface area contributed by atoms with Gasteiger partial charge in [0.2, 0.25) is 0 Å². The maximum absolute atomic E-state index is 11.5. The summed E-state index contributed by atoms with van der Waals surface area (Å²) in [5, 5.41) is 0.823. The number of carbonyl (C=O) groups excluding carboxylic acids is 1. The summed E-state index contributed by atoms with van der Waals surface area (Å²) in [5.41, 5.74) is 14.1. The number of rotatable bonds is 5. The van der Waals surface area contributed by atoms with Crippen LogP contribution in [0.3, 0.4) is 0 Å². The molecule has 23 heavy (non-hydrogen) atoms. The van der Waals surface area contributed by atoms with Gasteiger partial charge in [-0.2, -0.15) is 0 Å². The van der Waals surface area contributed by atoms with Crippen LogP contribution in [0.15, 0.2) is 48.5 Å². The van der Waals surface area contributed by atoms with E-state index in [2.05, 4.69) is 4.98 Å². The third kappa shape index (κ3) is 3.31. The average Bonchev–Trinajstić information content (AvgIpc) is 2.99. The Hall–Kier alpha value is -2.50. The molecule has 1 heterocycles. The second kappa shape index (κ2) is 7.17. The number of H-pyrrole nitrogens is 1. The summed E-state index contributed by atoms with van der Waals surface area (Å²) in [6, 6.07) is 15.5. The average molecular weight is 332 g/mol. The van der Waals surface area contributed by atoms with E-state index in [9.17, 15) is 4.79 Å². The molecule has 0 atom stereocenters. The molecule has 120 valence electrons. The number of primary amides is 1. The van der Waals surface area contributed by atoms with Gasteiger partial charge in [0, 0.05) is 17.5 Å². The van der Waals surface area contributed by atoms with E-state index in [1.54, 1.807) is 6.07 Å². The predicted octanol–water partition coefficient (Wildman–Crippen LogP) is 2.69. The van der Waals surface area contributed by atoms with Crippen LogP contribution in [0.2, 0.25) is 0 Å². The van der Waals surface area contributed by atoms with Crippen LogP contribution in [-0.4, -0.2) is 24.0 Å². The molecule has 2 aromatic carbocycles. The molecule has 0 spiro atoms. The zero-order chi connectivity index (χ0) is 15.5. The van der Waals surface area contributed by atoms with E-state index < -0.39 is 5.91 Å². The Kier molecular flexibility index (Phi) is 5.26. The molecule has 0 fully saturated rings. The van der Waals surface area contributed by atoms with Crippen LogP contribution >= 0.6 is 12.4 Å². The maximum Gasteiger partial charge on any atom is 0.265 e. The molecule has 0 saturated carbocycles. The minimum Gasteiger partial charge on any atom is -0.492 e. The first-order valence-electron chi connectivity index (χ1n) is 7.04. The highest BCUT2D eigenvalue weighted by Gasteiger charge is 2.14. The molecule has 3 aromatic rings. The molecule has 6 heteroatoms. The van der Waals surface area contributed by atoms with Gasteiger partial charge in [0.25, 0.3) is 5.91 Å². The Morgan fingerprint density at radius 2 is 1.87 bits per heavy atom. The second-order valence-electron chi connectivity index (χ2n) is 4.95. The van der Waals surface area contributed by atoms with Crippen molar-refractivity contribution in [1.82, 2.24) is 4.98 Å². The number of benzene rings is 2. The summed E-state index contributed by atoms with van der Waals surface area (Å²) in [4.78, 5) is 14.6. The lowest BCUT2D eigenvalue weighted by molar-refractivity contribution is 0.0996. The standard InChI is InChI=1S/C17H17N3O2.ClH/c18-8-9-22-15-7-6-12(11-4-2-1-3-5-11)16-13(15)10-14(20-16)17(19)21;/h1-7,10,20H,8-9,18H2,(H2,19,21);1H. The fraction of sp³-hybridized carbons (Fsp3) is 0.118. The Labute approximate surface area is 140 Å². The SMILES string of the molecule is Cl.NCCOc1ccc(-c2ccccc2)c2[nH]c(C(N)=O)cc12. The zero-order valence-electron chi connectivity index (χ0n) is 12.4. The minimum atomic E-state index is -0.500. The molecule has 0 radical (unpaired) electrons. The van der Waals surface area contributed by atoms with Crippen LogP contribution in [0.5, 0.6) is 5.75 Å². The van der Waals surface area contributed by atoms with Crippen molar-refractivity contribution < 1.29 is 9.53 Å². The first kappa shape index (κ1) is 16.9. The van der Waals surface area contributed by atoms with E-state index in [4.69, 9.17) is 16.2 Å². The van der Waals surface area contributed by atoms with Crippen molar-refractivity contribution in [2.24, 2.45) is 11.5 Å². The van der Waals surface area contributed by atoms with Crippen LogP contribution in [-0.2, 0) is 0 Å². The third-order valence-electron chi connectivity index (χ3n) is 3.48. The Bertz CT molecular complexity index is 815. The molecule has 1 amide bonds. The molecule has 3 rings (SSSR count). The normalized spacial score (nSPS) is 10.3. The zero-order valence-corrected chi connectivity index (χ0v) is 13.2. The van der Waals surface area contributed by atoms with Gasteiger partial charge in [-0.1, -0.05) is 30.3 Å². The summed E-state index contributed by atoms with van der Waals surface area (Å²) in [7, 11) is 0. The lowest BCUT2D eigenvalue weighted by atomic mass is 10.0. The number of aromatic nitrogens is 1. The summed E-state index contributed by atoms with van der Waals surface area (Å²) in [6.45, 7) is 0.839. The first-order chi connectivity index (χ1) is 10.7. The molecule has 1 aromatic heterocycles. The van der Waals surface area contributed by atoms with Crippen molar-refractivity contribution in [2.75, 3.05) is 13.2 Å². The van der Waals surface area contributed by atoms with Gasteiger partial charge >= 0.3 is 0 Å². The number of nitrogens with one attached hydrogen (secondary N) is 1.